The van der Waals surface area contributed by atoms with Gasteiger partial charge >= 0.3 is 6.18 Å². The highest BCUT2D eigenvalue weighted by Gasteiger charge is 2.29. The van der Waals surface area contributed by atoms with Gasteiger partial charge in [0.15, 0.2) is 17.3 Å². The van der Waals surface area contributed by atoms with Crippen LogP contribution in [0.2, 0.25) is 0 Å². The number of phenols is 1. The summed E-state index contributed by atoms with van der Waals surface area (Å²) in [4.78, 5) is 12.4. The average Bonchev–Trinajstić information content (AvgIpc) is 2.65. The van der Waals surface area contributed by atoms with Crippen molar-refractivity contribution in [3.05, 3.63) is 53.1 Å². The number of hydrogen-bond donors (Lipinski definition) is 1. The van der Waals surface area contributed by atoms with Crippen molar-refractivity contribution >= 4 is 11.9 Å². The van der Waals surface area contributed by atoms with E-state index < -0.39 is 23.3 Å². The highest BCUT2D eigenvalue weighted by atomic mass is 19.4. The Labute approximate surface area is 153 Å². The summed E-state index contributed by atoms with van der Waals surface area (Å²) < 4.78 is 53.0. The van der Waals surface area contributed by atoms with E-state index in [1.807, 2.05) is 0 Å². The summed E-state index contributed by atoms with van der Waals surface area (Å²) >= 11 is 0. The van der Waals surface area contributed by atoms with Crippen LogP contribution in [0.1, 0.15) is 21.5 Å². The summed E-state index contributed by atoms with van der Waals surface area (Å²) in [7, 11) is 4.01. The van der Waals surface area contributed by atoms with Gasteiger partial charge in [0.2, 0.25) is 11.5 Å². The van der Waals surface area contributed by atoms with Crippen molar-refractivity contribution in [2.75, 3.05) is 21.3 Å². The number of rotatable bonds is 6. The summed E-state index contributed by atoms with van der Waals surface area (Å²) in [5.41, 5.74) is -0.496. The number of carbonyl (C=O) groups excluding carboxylic acids is 1. The Morgan fingerprint density at radius 2 is 1.59 bits per heavy atom. The second-order valence-corrected chi connectivity index (χ2v) is 5.36. The highest BCUT2D eigenvalue weighted by Crippen LogP contribution is 2.46. The molecule has 144 valence electrons. The number of hydrogen-bond acceptors (Lipinski definition) is 5. The lowest BCUT2D eigenvalue weighted by Crippen LogP contribution is -2.04. The molecular formula is C19H17F3O5. The van der Waals surface area contributed by atoms with E-state index in [1.165, 1.54) is 45.6 Å². The maximum atomic E-state index is 12.6. The number of phenolic OH excluding ortho intramolecular Hbond substituents is 1. The minimum Gasteiger partial charge on any atom is -0.504 e. The molecule has 2 rings (SSSR count). The molecule has 0 unspecified atom stereocenters. The van der Waals surface area contributed by atoms with Crippen LogP contribution in [-0.2, 0) is 6.18 Å². The molecule has 27 heavy (non-hydrogen) atoms. The van der Waals surface area contributed by atoms with Crippen LogP contribution < -0.4 is 14.2 Å². The third-order valence-electron chi connectivity index (χ3n) is 3.73. The van der Waals surface area contributed by atoms with Gasteiger partial charge in [-0.1, -0.05) is 18.2 Å². The van der Waals surface area contributed by atoms with E-state index in [4.69, 9.17) is 14.2 Å². The molecule has 1 N–H and O–H groups in total. The minimum atomic E-state index is -4.43. The first-order valence-corrected chi connectivity index (χ1v) is 7.64. The molecule has 0 radical (unpaired) electrons. The molecule has 0 fully saturated rings. The molecule has 0 saturated carbocycles. The fourth-order valence-electron chi connectivity index (χ4n) is 2.37. The van der Waals surface area contributed by atoms with Crippen LogP contribution in [0.15, 0.2) is 36.4 Å². The van der Waals surface area contributed by atoms with Crippen LogP contribution in [0.4, 0.5) is 13.2 Å². The largest absolute Gasteiger partial charge is 0.504 e. The van der Waals surface area contributed by atoms with E-state index in [2.05, 4.69) is 0 Å². The first-order chi connectivity index (χ1) is 12.7. The molecule has 0 amide bonds. The van der Waals surface area contributed by atoms with Crippen LogP contribution in [-0.4, -0.2) is 32.2 Å². The summed E-state index contributed by atoms with van der Waals surface area (Å²) in [5.74, 6) is -0.786. The molecule has 2 aromatic rings. The summed E-state index contributed by atoms with van der Waals surface area (Å²) in [6, 6.07) is 5.60. The van der Waals surface area contributed by atoms with Gasteiger partial charge in [-0.15, -0.1) is 0 Å². The monoisotopic (exact) mass is 382 g/mol. The molecule has 5 nitrogen and oxygen atoms in total. The van der Waals surface area contributed by atoms with Crippen LogP contribution in [0.5, 0.6) is 23.0 Å². The van der Waals surface area contributed by atoms with E-state index in [0.29, 0.717) is 5.56 Å². The van der Waals surface area contributed by atoms with Gasteiger partial charge in [-0.25, -0.2) is 0 Å². The summed E-state index contributed by atoms with van der Waals surface area (Å²) in [5, 5.41) is 10.3. The van der Waals surface area contributed by atoms with Gasteiger partial charge in [0.25, 0.3) is 0 Å². The maximum Gasteiger partial charge on any atom is 0.416 e. The van der Waals surface area contributed by atoms with Gasteiger partial charge in [-0.05, 0) is 29.8 Å². The van der Waals surface area contributed by atoms with Crippen LogP contribution in [0, 0.1) is 0 Å². The van der Waals surface area contributed by atoms with E-state index in [1.54, 1.807) is 0 Å². The Morgan fingerprint density at radius 3 is 2.07 bits per heavy atom. The van der Waals surface area contributed by atoms with Crippen molar-refractivity contribution in [3.8, 4) is 23.0 Å². The smallest absolute Gasteiger partial charge is 0.416 e. The number of benzene rings is 2. The molecule has 2 aromatic carbocycles. The normalized spacial score (nSPS) is 11.5. The zero-order chi connectivity index (χ0) is 20.2. The fraction of sp³-hybridized carbons (Fsp3) is 0.211. The number of ether oxygens (including phenoxy) is 3. The summed E-state index contributed by atoms with van der Waals surface area (Å²) in [6.45, 7) is 0. The third kappa shape index (κ3) is 4.33. The fourth-order valence-corrected chi connectivity index (χ4v) is 2.37. The van der Waals surface area contributed by atoms with E-state index in [9.17, 15) is 23.1 Å². The van der Waals surface area contributed by atoms with Crippen molar-refractivity contribution in [1.82, 2.24) is 0 Å². The van der Waals surface area contributed by atoms with Gasteiger partial charge in [0.1, 0.15) is 0 Å². The van der Waals surface area contributed by atoms with E-state index in [-0.39, 0.29) is 22.8 Å². The zero-order valence-electron chi connectivity index (χ0n) is 14.8. The SMILES string of the molecule is COc1cc(C(=O)/C=C/c2ccc(C(F)(F)F)cc2)c(O)c(OC)c1OC. The van der Waals surface area contributed by atoms with Gasteiger partial charge in [0, 0.05) is 0 Å². The lowest BCUT2D eigenvalue weighted by molar-refractivity contribution is -0.137. The van der Waals surface area contributed by atoms with Crippen LogP contribution >= 0.6 is 0 Å². The molecule has 0 atom stereocenters. The van der Waals surface area contributed by atoms with Crippen molar-refractivity contribution < 1.29 is 37.3 Å². The Bertz CT molecular complexity index is 855. The van der Waals surface area contributed by atoms with Crippen molar-refractivity contribution in [1.29, 1.82) is 0 Å². The molecule has 0 aromatic heterocycles. The van der Waals surface area contributed by atoms with Crippen molar-refractivity contribution in [3.63, 3.8) is 0 Å². The Kier molecular flexibility index (Phi) is 5.99. The molecule has 0 spiro atoms. The molecule has 0 saturated heterocycles. The lowest BCUT2D eigenvalue weighted by atomic mass is 10.1. The predicted octanol–water partition coefficient (Wildman–Crippen LogP) is 4.33. The molecular weight excluding hydrogens is 365 g/mol. The standard InChI is InChI=1S/C19H17F3O5/c1-25-15-10-13(16(24)18(27-3)17(15)26-2)14(23)9-6-11-4-7-12(8-5-11)19(20,21)22/h4-10,24H,1-3H3/b9-6+. The zero-order valence-corrected chi connectivity index (χ0v) is 14.8. The van der Waals surface area contributed by atoms with Gasteiger partial charge in [0.05, 0.1) is 32.5 Å². The first-order valence-electron chi connectivity index (χ1n) is 7.64. The molecule has 8 heteroatoms. The van der Waals surface area contributed by atoms with Crippen molar-refractivity contribution in [2.24, 2.45) is 0 Å². The molecule has 0 heterocycles. The number of alkyl halides is 3. The molecule has 0 aliphatic carbocycles. The summed E-state index contributed by atoms with van der Waals surface area (Å²) in [6.07, 6.45) is -1.96. The number of aromatic hydroxyl groups is 1. The minimum absolute atomic E-state index is 0.0665. The Hall–Kier alpha value is -3.16. The molecule has 0 aliphatic rings. The van der Waals surface area contributed by atoms with Gasteiger partial charge < -0.3 is 19.3 Å². The number of carbonyl (C=O) groups is 1. The number of ketones is 1. The lowest BCUT2D eigenvalue weighted by Gasteiger charge is -2.15. The second-order valence-electron chi connectivity index (χ2n) is 5.36. The third-order valence-corrected chi connectivity index (χ3v) is 3.73. The maximum absolute atomic E-state index is 12.6. The first kappa shape index (κ1) is 20.2. The van der Waals surface area contributed by atoms with Crippen LogP contribution in [0.25, 0.3) is 6.08 Å². The topological polar surface area (TPSA) is 65.0 Å². The van der Waals surface area contributed by atoms with Crippen LogP contribution in [0.3, 0.4) is 0 Å². The Morgan fingerprint density at radius 1 is 1.00 bits per heavy atom. The van der Waals surface area contributed by atoms with Gasteiger partial charge in [-0.3, -0.25) is 4.79 Å². The molecule has 0 aliphatic heterocycles. The van der Waals surface area contributed by atoms with E-state index >= 15 is 0 Å². The number of halogens is 3. The van der Waals surface area contributed by atoms with Crippen molar-refractivity contribution in [2.45, 2.75) is 6.18 Å². The highest BCUT2D eigenvalue weighted by molar-refractivity contribution is 6.09. The van der Waals surface area contributed by atoms with E-state index in [0.717, 1.165) is 18.2 Å². The average molecular weight is 382 g/mol. The molecule has 0 bridgehead atoms. The number of methoxy groups -OCH3 is 3. The predicted molar refractivity (Wildman–Crippen MR) is 92.6 cm³/mol. The quantitative estimate of drug-likeness (QED) is 0.595. The van der Waals surface area contributed by atoms with Gasteiger partial charge in [-0.2, -0.15) is 13.2 Å². The second kappa shape index (κ2) is 8.03. The number of allylic oxidation sites excluding steroid dienone is 1. The Balaban J connectivity index is 2.34.